The van der Waals surface area contributed by atoms with Gasteiger partial charge in [-0.2, -0.15) is 0 Å². The zero-order valence-electron chi connectivity index (χ0n) is 13.5. The van der Waals surface area contributed by atoms with E-state index in [4.69, 9.17) is 0 Å². The quantitative estimate of drug-likeness (QED) is 0.888. The van der Waals surface area contributed by atoms with Crippen LogP contribution in [0.3, 0.4) is 0 Å². The number of hydrogen-bond donors (Lipinski definition) is 2. The molecule has 0 aromatic heterocycles. The number of benzene rings is 1. The second kappa shape index (κ2) is 7.32. The van der Waals surface area contributed by atoms with Gasteiger partial charge in [-0.15, -0.1) is 12.4 Å². The lowest BCUT2D eigenvalue weighted by Crippen LogP contribution is -2.52. The second-order valence-electron chi connectivity index (χ2n) is 6.44. The fourth-order valence-electron chi connectivity index (χ4n) is 2.96. The van der Waals surface area contributed by atoms with Gasteiger partial charge in [0.15, 0.2) is 0 Å². The molecular formula is C17H24ClN3O2. The largest absolute Gasteiger partial charge is 0.333 e. The number of carbonyl (C=O) groups excluding carboxylic acids is 2. The lowest BCUT2D eigenvalue weighted by atomic mass is 10.1. The fourth-order valence-corrected chi connectivity index (χ4v) is 2.96. The zero-order valence-corrected chi connectivity index (χ0v) is 14.4. The van der Waals surface area contributed by atoms with Crippen LogP contribution in [0.15, 0.2) is 24.3 Å². The van der Waals surface area contributed by atoms with Crippen LogP contribution in [0.5, 0.6) is 0 Å². The Bertz CT molecular complexity index is 593. The van der Waals surface area contributed by atoms with Gasteiger partial charge in [0.05, 0.1) is 0 Å². The van der Waals surface area contributed by atoms with Crippen molar-refractivity contribution < 1.29 is 9.59 Å². The molecule has 126 valence electrons. The van der Waals surface area contributed by atoms with Gasteiger partial charge in [-0.1, -0.05) is 13.0 Å². The SMILES string of the molecule is CC1CC1C(=O)Nc1cccc(C(=O)N2CCNC[C@@H]2C)c1.Cl. The normalized spacial score (nSPS) is 26.2. The number of hydrogen-bond acceptors (Lipinski definition) is 3. The Kier molecular flexibility index (Phi) is 5.65. The molecule has 2 amide bonds. The van der Waals surface area contributed by atoms with Crippen molar-refractivity contribution in [1.29, 1.82) is 0 Å². The van der Waals surface area contributed by atoms with E-state index in [9.17, 15) is 9.59 Å². The van der Waals surface area contributed by atoms with Crippen LogP contribution in [-0.2, 0) is 4.79 Å². The van der Waals surface area contributed by atoms with E-state index in [1.54, 1.807) is 6.07 Å². The minimum absolute atomic E-state index is 0. The Balaban J connectivity index is 0.00000192. The molecule has 0 spiro atoms. The molecule has 2 fully saturated rings. The molecule has 0 radical (unpaired) electrons. The summed E-state index contributed by atoms with van der Waals surface area (Å²) in [5.74, 6) is 0.705. The van der Waals surface area contributed by atoms with Gasteiger partial charge >= 0.3 is 0 Å². The van der Waals surface area contributed by atoms with Gasteiger partial charge in [0.25, 0.3) is 5.91 Å². The number of halogens is 1. The number of rotatable bonds is 3. The molecule has 2 aliphatic rings. The summed E-state index contributed by atoms with van der Waals surface area (Å²) < 4.78 is 0. The first-order valence-corrected chi connectivity index (χ1v) is 7.99. The van der Waals surface area contributed by atoms with Crippen molar-refractivity contribution in [1.82, 2.24) is 10.2 Å². The number of piperazine rings is 1. The summed E-state index contributed by atoms with van der Waals surface area (Å²) in [5, 5.41) is 6.20. The van der Waals surface area contributed by atoms with Gasteiger partial charge in [-0.25, -0.2) is 0 Å². The van der Waals surface area contributed by atoms with Crippen molar-refractivity contribution in [2.75, 3.05) is 25.0 Å². The Morgan fingerprint density at radius 1 is 1.30 bits per heavy atom. The molecule has 0 bridgehead atoms. The van der Waals surface area contributed by atoms with Gasteiger partial charge in [-0.05, 0) is 37.5 Å². The van der Waals surface area contributed by atoms with Crippen LogP contribution in [0.2, 0.25) is 0 Å². The van der Waals surface area contributed by atoms with Crippen molar-refractivity contribution in [2.24, 2.45) is 11.8 Å². The monoisotopic (exact) mass is 337 g/mol. The number of nitrogens with one attached hydrogen (secondary N) is 2. The van der Waals surface area contributed by atoms with Gasteiger partial charge < -0.3 is 15.5 Å². The molecule has 3 atom stereocenters. The average molecular weight is 338 g/mol. The second-order valence-corrected chi connectivity index (χ2v) is 6.44. The first-order chi connectivity index (χ1) is 10.6. The van der Waals surface area contributed by atoms with Gasteiger partial charge in [0.2, 0.25) is 5.91 Å². The first-order valence-electron chi connectivity index (χ1n) is 7.99. The third kappa shape index (κ3) is 4.03. The lowest BCUT2D eigenvalue weighted by molar-refractivity contribution is -0.117. The first kappa shape index (κ1) is 17.8. The Hall–Kier alpha value is -1.59. The molecule has 1 aliphatic heterocycles. The van der Waals surface area contributed by atoms with Crippen LogP contribution in [0, 0.1) is 11.8 Å². The summed E-state index contributed by atoms with van der Waals surface area (Å²) in [7, 11) is 0. The highest BCUT2D eigenvalue weighted by molar-refractivity contribution is 5.98. The van der Waals surface area contributed by atoms with Gasteiger partial charge in [0, 0.05) is 42.8 Å². The molecule has 1 aliphatic carbocycles. The maximum absolute atomic E-state index is 12.6. The summed E-state index contributed by atoms with van der Waals surface area (Å²) >= 11 is 0. The summed E-state index contributed by atoms with van der Waals surface area (Å²) in [4.78, 5) is 26.5. The van der Waals surface area contributed by atoms with Crippen molar-refractivity contribution >= 4 is 29.9 Å². The van der Waals surface area contributed by atoms with E-state index in [-0.39, 0.29) is 36.2 Å². The van der Waals surface area contributed by atoms with Crippen LogP contribution in [0.4, 0.5) is 5.69 Å². The molecule has 3 rings (SSSR count). The molecule has 2 N–H and O–H groups in total. The molecule has 2 unspecified atom stereocenters. The molecular weight excluding hydrogens is 314 g/mol. The van der Waals surface area contributed by atoms with Crippen LogP contribution in [0.1, 0.15) is 30.6 Å². The van der Waals surface area contributed by atoms with Crippen molar-refractivity contribution in [3.8, 4) is 0 Å². The molecule has 1 heterocycles. The zero-order chi connectivity index (χ0) is 15.7. The predicted molar refractivity (Wildman–Crippen MR) is 93.0 cm³/mol. The molecule has 1 aromatic rings. The van der Waals surface area contributed by atoms with Crippen LogP contribution in [0.25, 0.3) is 0 Å². The van der Waals surface area contributed by atoms with Crippen molar-refractivity contribution in [3.05, 3.63) is 29.8 Å². The van der Waals surface area contributed by atoms with Crippen LogP contribution >= 0.6 is 12.4 Å². The molecule has 23 heavy (non-hydrogen) atoms. The molecule has 1 aromatic carbocycles. The number of nitrogens with zero attached hydrogens (tertiary/aromatic N) is 1. The minimum Gasteiger partial charge on any atom is -0.333 e. The molecule has 6 heteroatoms. The third-order valence-corrected chi connectivity index (χ3v) is 4.59. The summed E-state index contributed by atoms with van der Waals surface area (Å²) in [6.45, 7) is 6.49. The van der Waals surface area contributed by atoms with Crippen molar-refractivity contribution in [2.45, 2.75) is 26.3 Å². The van der Waals surface area contributed by atoms with Gasteiger partial charge in [-0.3, -0.25) is 9.59 Å². The summed E-state index contributed by atoms with van der Waals surface area (Å²) in [6, 6.07) is 7.44. The average Bonchev–Trinajstić information content (AvgIpc) is 3.24. The Morgan fingerprint density at radius 3 is 2.70 bits per heavy atom. The molecule has 1 saturated heterocycles. The van der Waals surface area contributed by atoms with Crippen LogP contribution in [-0.4, -0.2) is 42.4 Å². The minimum atomic E-state index is 0. The lowest BCUT2D eigenvalue weighted by Gasteiger charge is -2.34. The van der Waals surface area contributed by atoms with E-state index >= 15 is 0 Å². The van der Waals surface area contributed by atoms with Crippen molar-refractivity contribution in [3.63, 3.8) is 0 Å². The van der Waals surface area contributed by atoms with E-state index in [1.807, 2.05) is 30.0 Å². The molecule has 1 saturated carbocycles. The third-order valence-electron chi connectivity index (χ3n) is 4.59. The fraction of sp³-hybridized carbons (Fsp3) is 0.529. The van der Waals surface area contributed by atoms with E-state index in [1.165, 1.54) is 0 Å². The Labute approximate surface area is 143 Å². The smallest absolute Gasteiger partial charge is 0.254 e. The molecule has 5 nitrogen and oxygen atoms in total. The maximum atomic E-state index is 12.6. The number of amides is 2. The highest BCUT2D eigenvalue weighted by atomic mass is 35.5. The van der Waals surface area contributed by atoms with E-state index in [0.717, 1.165) is 26.1 Å². The highest BCUT2D eigenvalue weighted by Crippen LogP contribution is 2.38. The number of anilines is 1. The number of carbonyl (C=O) groups is 2. The van der Waals surface area contributed by atoms with E-state index in [0.29, 0.717) is 17.2 Å². The standard InChI is InChI=1S/C17H23N3O2.ClH/c1-11-8-15(11)16(21)19-14-5-3-4-13(9-14)17(22)20-7-6-18-10-12(20)2;/h3-5,9,11-12,15,18H,6-8,10H2,1-2H3,(H,19,21);1H/t11?,12-,15?;/m0./s1. The van der Waals surface area contributed by atoms with Crippen LogP contribution < -0.4 is 10.6 Å². The summed E-state index contributed by atoms with van der Waals surface area (Å²) in [6.07, 6.45) is 0.961. The van der Waals surface area contributed by atoms with E-state index in [2.05, 4.69) is 17.6 Å². The highest BCUT2D eigenvalue weighted by Gasteiger charge is 2.39. The Morgan fingerprint density at radius 2 is 2.04 bits per heavy atom. The summed E-state index contributed by atoms with van der Waals surface area (Å²) in [5.41, 5.74) is 1.34. The van der Waals surface area contributed by atoms with E-state index < -0.39 is 0 Å². The maximum Gasteiger partial charge on any atom is 0.254 e. The van der Waals surface area contributed by atoms with Gasteiger partial charge in [0.1, 0.15) is 0 Å². The topological polar surface area (TPSA) is 61.4 Å². The predicted octanol–water partition coefficient (Wildman–Crippen LogP) is 2.14.